The van der Waals surface area contributed by atoms with Gasteiger partial charge in [-0.05, 0) is 29.5 Å². The standard InChI is InChI=1S/C15H31NO2Si/c1-10(2)19(11(3)4,12(5)6)18-15-8-14(16)7-13(15)9-17/h9-15H,7-8,16H2,1-6H3/t13-,14-,15+/m1/s1. The number of hydrogen-bond acceptors (Lipinski definition) is 3. The van der Waals surface area contributed by atoms with Gasteiger partial charge in [-0.1, -0.05) is 41.5 Å². The van der Waals surface area contributed by atoms with Gasteiger partial charge in [0.1, 0.15) is 6.29 Å². The van der Waals surface area contributed by atoms with Crippen LogP contribution in [0.25, 0.3) is 0 Å². The Balaban J connectivity index is 2.98. The minimum absolute atomic E-state index is 0.00174. The van der Waals surface area contributed by atoms with Crippen LogP contribution in [0.3, 0.4) is 0 Å². The third-order valence-corrected chi connectivity index (χ3v) is 11.0. The van der Waals surface area contributed by atoms with Gasteiger partial charge >= 0.3 is 0 Å². The molecule has 3 atom stereocenters. The molecule has 0 amide bonds. The lowest BCUT2D eigenvalue weighted by molar-refractivity contribution is -0.113. The lowest BCUT2D eigenvalue weighted by atomic mass is 10.1. The summed E-state index contributed by atoms with van der Waals surface area (Å²) in [5, 5.41) is 0. The summed E-state index contributed by atoms with van der Waals surface area (Å²) in [6.07, 6.45) is 2.72. The van der Waals surface area contributed by atoms with Gasteiger partial charge in [-0.2, -0.15) is 0 Å². The smallest absolute Gasteiger partial charge is 0.200 e. The van der Waals surface area contributed by atoms with Crippen LogP contribution in [0.2, 0.25) is 16.6 Å². The van der Waals surface area contributed by atoms with E-state index in [1.165, 1.54) is 0 Å². The van der Waals surface area contributed by atoms with Crippen LogP contribution in [-0.2, 0) is 9.22 Å². The summed E-state index contributed by atoms with van der Waals surface area (Å²) in [7, 11) is -1.89. The third kappa shape index (κ3) is 3.28. The summed E-state index contributed by atoms with van der Waals surface area (Å²) < 4.78 is 6.68. The van der Waals surface area contributed by atoms with Crippen LogP contribution in [0.5, 0.6) is 0 Å². The van der Waals surface area contributed by atoms with Crippen molar-refractivity contribution in [2.45, 2.75) is 83.2 Å². The highest BCUT2D eigenvalue weighted by Gasteiger charge is 2.48. The minimum Gasteiger partial charge on any atom is -0.412 e. The van der Waals surface area contributed by atoms with Crippen molar-refractivity contribution in [3.8, 4) is 0 Å². The van der Waals surface area contributed by atoms with Crippen LogP contribution in [0.4, 0.5) is 0 Å². The molecule has 1 aliphatic carbocycles. The second-order valence-electron chi connectivity index (χ2n) is 7.01. The molecule has 0 aromatic heterocycles. The van der Waals surface area contributed by atoms with Gasteiger partial charge in [0.15, 0.2) is 0 Å². The normalized spacial score (nSPS) is 28.6. The van der Waals surface area contributed by atoms with Gasteiger partial charge in [0.05, 0.1) is 6.10 Å². The molecule has 0 radical (unpaired) electrons. The Morgan fingerprint density at radius 2 is 1.53 bits per heavy atom. The molecule has 1 fully saturated rings. The van der Waals surface area contributed by atoms with Gasteiger partial charge in [0.2, 0.25) is 8.32 Å². The summed E-state index contributed by atoms with van der Waals surface area (Å²) >= 11 is 0. The van der Waals surface area contributed by atoms with E-state index in [0.717, 1.165) is 19.1 Å². The largest absolute Gasteiger partial charge is 0.412 e. The first-order chi connectivity index (χ1) is 8.75. The Labute approximate surface area is 119 Å². The number of aldehydes is 1. The zero-order valence-electron chi connectivity index (χ0n) is 13.3. The monoisotopic (exact) mass is 285 g/mol. The van der Waals surface area contributed by atoms with Crippen molar-refractivity contribution in [3.05, 3.63) is 0 Å². The summed E-state index contributed by atoms with van der Waals surface area (Å²) in [6, 6.07) is 0.124. The van der Waals surface area contributed by atoms with Gasteiger partial charge in [-0.25, -0.2) is 0 Å². The van der Waals surface area contributed by atoms with Crippen molar-refractivity contribution in [3.63, 3.8) is 0 Å². The zero-order valence-corrected chi connectivity index (χ0v) is 14.3. The molecule has 1 saturated carbocycles. The molecule has 0 aliphatic heterocycles. The van der Waals surface area contributed by atoms with Crippen molar-refractivity contribution < 1.29 is 9.22 Å². The van der Waals surface area contributed by atoms with Gasteiger partial charge < -0.3 is 15.0 Å². The molecule has 112 valence electrons. The first-order valence-corrected chi connectivity index (χ1v) is 9.78. The summed E-state index contributed by atoms with van der Waals surface area (Å²) in [5.41, 5.74) is 7.67. The first-order valence-electron chi connectivity index (χ1n) is 7.64. The molecule has 4 heteroatoms. The maximum atomic E-state index is 11.2. The van der Waals surface area contributed by atoms with Gasteiger partial charge in [-0.3, -0.25) is 0 Å². The van der Waals surface area contributed by atoms with Crippen LogP contribution < -0.4 is 5.73 Å². The highest BCUT2D eigenvalue weighted by atomic mass is 28.4. The van der Waals surface area contributed by atoms with Crippen molar-refractivity contribution in [2.75, 3.05) is 0 Å². The van der Waals surface area contributed by atoms with Crippen molar-refractivity contribution >= 4 is 14.6 Å². The first kappa shape index (κ1) is 16.9. The van der Waals surface area contributed by atoms with E-state index in [0.29, 0.717) is 16.6 Å². The maximum absolute atomic E-state index is 11.2. The fourth-order valence-electron chi connectivity index (χ4n) is 4.02. The average molecular weight is 286 g/mol. The molecule has 0 saturated heterocycles. The topological polar surface area (TPSA) is 52.3 Å². The van der Waals surface area contributed by atoms with E-state index >= 15 is 0 Å². The number of hydrogen-bond donors (Lipinski definition) is 1. The van der Waals surface area contributed by atoms with E-state index in [2.05, 4.69) is 41.5 Å². The Morgan fingerprint density at radius 3 is 1.89 bits per heavy atom. The SMILES string of the molecule is CC(C)[Si](O[C@H]1C[C@H](N)C[C@@H]1C=O)(C(C)C)C(C)C. The summed E-state index contributed by atoms with van der Waals surface area (Å²) in [6.45, 7) is 13.6. The quantitative estimate of drug-likeness (QED) is 0.600. The zero-order chi connectivity index (χ0) is 14.8. The van der Waals surface area contributed by atoms with E-state index in [1.807, 2.05) is 0 Å². The van der Waals surface area contributed by atoms with Crippen molar-refractivity contribution in [1.29, 1.82) is 0 Å². The van der Waals surface area contributed by atoms with Crippen LogP contribution >= 0.6 is 0 Å². The maximum Gasteiger partial charge on any atom is 0.200 e. The predicted molar refractivity (Wildman–Crippen MR) is 82.7 cm³/mol. The Bertz CT molecular complexity index is 283. The molecular weight excluding hydrogens is 254 g/mol. The predicted octanol–water partition coefficient (Wildman–Crippen LogP) is 3.48. The molecule has 0 unspecified atom stereocenters. The summed E-state index contributed by atoms with van der Waals surface area (Å²) in [4.78, 5) is 11.2. The molecule has 1 aliphatic rings. The van der Waals surface area contributed by atoms with Gasteiger partial charge in [-0.15, -0.1) is 0 Å². The van der Waals surface area contributed by atoms with Gasteiger partial charge in [0, 0.05) is 12.0 Å². The average Bonchev–Trinajstić information content (AvgIpc) is 2.64. The van der Waals surface area contributed by atoms with Crippen LogP contribution in [0.1, 0.15) is 54.4 Å². The van der Waals surface area contributed by atoms with E-state index in [1.54, 1.807) is 0 Å². The molecule has 0 heterocycles. The molecule has 0 spiro atoms. The number of nitrogens with two attached hydrogens (primary N) is 1. The molecule has 0 bridgehead atoms. The van der Waals surface area contributed by atoms with Crippen LogP contribution in [-0.4, -0.2) is 26.7 Å². The molecule has 2 N–H and O–H groups in total. The molecule has 19 heavy (non-hydrogen) atoms. The summed E-state index contributed by atoms with van der Waals surface area (Å²) in [5.74, 6) is -0.00174. The molecular formula is C15H31NO2Si. The number of rotatable bonds is 6. The van der Waals surface area contributed by atoms with E-state index < -0.39 is 8.32 Å². The highest BCUT2D eigenvalue weighted by Crippen LogP contribution is 2.45. The van der Waals surface area contributed by atoms with Crippen molar-refractivity contribution in [2.24, 2.45) is 11.7 Å². The molecule has 0 aromatic rings. The lowest BCUT2D eigenvalue weighted by Gasteiger charge is -2.44. The second kappa shape index (κ2) is 6.51. The van der Waals surface area contributed by atoms with Gasteiger partial charge in [0.25, 0.3) is 0 Å². The van der Waals surface area contributed by atoms with E-state index in [9.17, 15) is 4.79 Å². The fourth-order valence-corrected chi connectivity index (χ4v) is 9.63. The Kier molecular flexibility index (Phi) is 5.77. The third-order valence-electron chi connectivity index (χ3n) is 4.82. The van der Waals surface area contributed by atoms with Crippen LogP contribution in [0.15, 0.2) is 0 Å². The number of carbonyl (C=O) groups is 1. The van der Waals surface area contributed by atoms with E-state index in [4.69, 9.17) is 10.2 Å². The molecule has 0 aromatic carbocycles. The molecule has 3 nitrogen and oxygen atoms in total. The fraction of sp³-hybridized carbons (Fsp3) is 0.933. The highest BCUT2D eigenvalue weighted by molar-refractivity contribution is 6.77. The Hall–Kier alpha value is -0.193. The second-order valence-corrected chi connectivity index (χ2v) is 12.4. The minimum atomic E-state index is -1.89. The number of carbonyl (C=O) groups excluding carboxylic acids is 1. The molecule has 1 rings (SSSR count). The Morgan fingerprint density at radius 1 is 1.05 bits per heavy atom. The lowest BCUT2D eigenvalue weighted by Crippen LogP contribution is -2.51. The van der Waals surface area contributed by atoms with Crippen LogP contribution in [0, 0.1) is 5.92 Å². The van der Waals surface area contributed by atoms with Crippen molar-refractivity contribution in [1.82, 2.24) is 0 Å². The van der Waals surface area contributed by atoms with E-state index in [-0.39, 0.29) is 18.1 Å².